The Morgan fingerprint density at radius 2 is 2.20 bits per heavy atom. The molecule has 7 heteroatoms. The van der Waals surface area contributed by atoms with Gasteiger partial charge in [-0.05, 0) is 44.6 Å². The summed E-state index contributed by atoms with van der Waals surface area (Å²) in [5, 5.41) is 8.91. The van der Waals surface area contributed by atoms with E-state index in [0.717, 1.165) is 19.4 Å². The van der Waals surface area contributed by atoms with E-state index in [1.807, 2.05) is 7.05 Å². The summed E-state index contributed by atoms with van der Waals surface area (Å²) in [5.74, 6) is -1.14. The molecule has 1 aliphatic heterocycles. The SMILES string of the molecule is CN1CCC[C@H](NS(=O)(=O)c2cccc(C(=O)O)c2)C1. The molecule has 0 bridgehead atoms. The molecule has 0 aromatic heterocycles. The summed E-state index contributed by atoms with van der Waals surface area (Å²) >= 11 is 0. The van der Waals surface area contributed by atoms with Crippen LogP contribution in [-0.4, -0.2) is 50.6 Å². The van der Waals surface area contributed by atoms with E-state index in [9.17, 15) is 13.2 Å². The average Bonchev–Trinajstić information content (AvgIpc) is 2.38. The van der Waals surface area contributed by atoms with Gasteiger partial charge in [-0.3, -0.25) is 0 Å². The molecule has 2 N–H and O–H groups in total. The summed E-state index contributed by atoms with van der Waals surface area (Å²) in [7, 11) is -1.73. The standard InChI is InChI=1S/C13H18N2O4S/c1-15-7-3-5-11(9-15)14-20(18,19)12-6-2-4-10(8-12)13(16)17/h2,4,6,8,11,14H,3,5,7,9H2,1H3,(H,16,17)/t11-/m0/s1. The van der Waals surface area contributed by atoms with Crippen LogP contribution < -0.4 is 4.72 Å². The van der Waals surface area contributed by atoms with Crippen LogP contribution in [0.3, 0.4) is 0 Å². The molecule has 0 unspecified atom stereocenters. The molecule has 1 atom stereocenters. The molecule has 1 aromatic rings. The first-order valence-electron chi connectivity index (χ1n) is 6.43. The number of nitrogens with one attached hydrogen (secondary N) is 1. The molecule has 1 aliphatic rings. The van der Waals surface area contributed by atoms with Crippen molar-refractivity contribution in [3.05, 3.63) is 29.8 Å². The maximum atomic E-state index is 12.3. The van der Waals surface area contributed by atoms with Gasteiger partial charge in [0, 0.05) is 12.6 Å². The lowest BCUT2D eigenvalue weighted by Gasteiger charge is -2.29. The quantitative estimate of drug-likeness (QED) is 0.857. The summed E-state index contributed by atoms with van der Waals surface area (Å²) in [6.45, 7) is 1.63. The monoisotopic (exact) mass is 298 g/mol. The molecule has 0 saturated carbocycles. The van der Waals surface area contributed by atoms with Crippen LogP contribution in [0.5, 0.6) is 0 Å². The van der Waals surface area contributed by atoms with E-state index in [2.05, 4.69) is 9.62 Å². The summed E-state index contributed by atoms with van der Waals surface area (Å²) < 4.78 is 27.2. The van der Waals surface area contributed by atoms with Crippen LogP contribution in [0.1, 0.15) is 23.2 Å². The minimum absolute atomic E-state index is 0.00868. The maximum absolute atomic E-state index is 12.3. The zero-order valence-electron chi connectivity index (χ0n) is 11.2. The molecule has 0 radical (unpaired) electrons. The van der Waals surface area contributed by atoms with Gasteiger partial charge in [0.05, 0.1) is 10.5 Å². The molecule has 1 aromatic carbocycles. The Bertz CT molecular complexity index is 600. The van der Waals surface area contributed by atoms with E-state index < -0.39 is 16.0 Å². The average molecular weight is 298 g/mol. The number of likely N-dealkylation sites (N-methyl/N-ethyl adjacent to an activating group) is 1. The number of hydrogen-bond acceptors (Lipinski definition) is 4. The molecule has 1 saturated heterocycles. The van der Waals surface area contributed by atoms with Crippen LogP contribution in [0.25, 0.3) is 0 Å². The van der Waals surface area contributed by atoms with Crippen molar-refractivity contribution in [3.63, 3.8) is 0 Å². The lowest BCUT2D eigenvalue weighted by atomic mass is 10.1. The minimum Gasteiger partial charge on any atom is -0.478 e. The summed E-state index contributed by atoms with van der Waals surface area (Å²) in [6.07, 6.45) is 1.74. The highest BCUT2D eigenvalue weighted by atomic mass is 32.2. The lowest BCUT2D eigenvalue weighted by Crippen LogP contribution is -2.46. The summed E-state index contributed by atoms with van der Waals surface area (Å²) in [5.41, 5.74) is -0.0337. The highest BCUT2D eigenvalue weighted by Crippen LogP contribution is 2.15. The smallest absolute Gasteiger partial charge is 0.335 e. The molecule has 2 rings (SSSR count). The predicted molar refractivity (Wildman–Crippen MR) is 74.2 cm³/mol. The second-order valence-electron chi connectivity index (χ2n) is 5.06. The van der Waals surface area contributed by atoms with Crippen LogP contribution in [0, 0.1) is 0 Å². The number of carboxylic acid groups (broad SMARTS) is 1. The van der Waals surface area contributed by atoms with E-state index in [4.69, 9.17) is 5.11 Å². The lowest BCUT2D eigenvalue weighted by molar-refractivity contribution is 0.0696. The van der Waals surface area contributed by atoms with Crippen molar-refractivity contribution >= 4 is 16.0 Å². The van der Waals surface area contributed by atoms with Crippen LogP contribution in [0.4, 0.5) is 0 Å². The van der Waals surface area contributed by atoms with E-state index in [0.29, 0.717) is 6.54 Å². The third-order valence-corrected chi connectivity index (χ3v) is 4.86. The van der Waals surface area contributed by atoms with E-state index in [-0.39, 0.29) is 16.5 Å². The van der Waals surface area contributed by atoms with Crippen LogP contribution in [-0.2, 0) is 10.0 Å². The fourth-order valence-corrected chi connectivity index (χ4v) is 3.65. The topological polar surface area (TPSA) is 86.7 Å². The van der Waals surface area contributed by atoms with Gasteiger partial charge < -0.3 is 10.0 Å². The highest BCUT2D eigenvalue weighted by Gasteiger charge is 2.24. The van der Waals surface area contributed by atoms with E-state index >= 15 is 0 Å². The number of hydrogen-bond donors (Lipinski definition) is 2. The van der Waals surface area contributed by atoms with Gasteiger partial charge in [-0.2, -0.15) is 0 Å². The molecule has 1 heterocycles. The Morgan fingerprint density at radius 1 is 1.45 bits per heavy atom. The first-order valence-corrected chi connectivity index (χ1v) is 7.91. The third kappa shape index (κ3) is 3.56. The number of sulfonamides is 1. The summed E-state index contributed by atoms with van der Waals surface area (Å²) in [4.78, 5) is 13.0. The van der Waals surface area contributed by atoms with Gasteiger partial charge in [-0.15, -0.1) is 0 Å². The Morgan fingerprint density at radius 3 is 2.85 bits per heavy atom. The van der Waals surface area contributed by atoms with Gasteiger partial charge in [0.1, 0.15) is 0 Å². The summed E-state index contributed by atoms with van der Waals surface area (Å²) in [6, 6.07) is 5.26. The fourth-order valence-electron chi connectivity index (χ4n) is 2.35. The van der Waals surface area contributed by atoms with Crippen LogP contribution in [0.15, 0.2) is 29.2 Å². The largest absolute Gasteiger partial charge is 0.478 e. The second-order valence-corrected chi connectivity index (χ2v) is 6.77. The van der Waals surface area contributed by atoms with Gasteiger partial charge in [-0.25, -0.2) is 17.9 Å². The molecular formula is C13H18N2O4S. The van der Waals surface area contributed by atoms with Crippen molar-refractivity contribution in [2.45, 2.75) is 23.8 Å². The van der Waals surface area contributed by atoms with Gasteiger partial charge in [0.25, 0.3) is 0 Å². The van der Waals surface area contributed by atoms with Gasteiger partial charge >= 0.3 is 5.97 Å². The van der Waals surface area contributed by atoms with Crippen molar-refractivity contribution in [3.8, 4) is 0 Å². The number of benzene rings is 1. The Labute approximate surface area is 118 Å². The van der Waals surface area contributed by atoms with Crippen molar-refractivity contribution in [1.29, 1.82) is 0 Å². The Hall–Kier alpha value is -1.44. The van der Waals surface area contributed by atoms with Crippen molar-refractivity contribution in [1.82, 2.24) is 9.62 Å². The zero-order valence-corrected chi connectivity index (χ0v) is 12.1. The Kier molecular flexibility index (Phi) is 4.42. The normalized spacial score (nSPS) is 20.8. The first kappa shape index (κ1) is 15.0. The fraction of sp³-hybridized carbons (Fsp3) is 0.462. The zero-order chi connectivity index (χ0) is 14.8. The molecule has 1 fully saturated rings. The molecular weight excluding hydrogens is 280 g/mol. The van der Waals surface area contributed by atoms with Gasteiger partial charge in [-0.1, -0.05) is 6.07 Å². The second kappa shape index (κ2) is 5.90. The Balaban J connectivity index is 2.17. The van der Waals surface area contributed by atoms with E-state index in [1.165, 1.54) is 24.3 Å². The number of rotatable bonds is 4. The number of carboxylic acids is 1. The highest BCUT2D eigenvalue weighted by molar-refractivity contribution is 7.89. The number of nitrogens with zero attached hydrogens (tertiary/aromatic N) is 1. The van der Waals surface area contributed by atoms with E-state index in [1.54, 1.807) is 0 Å². The number of carbonyl (C=O) groups is 1. The third-order valence-electron chi connectivity index (χ3n) is 3.34. The molecule has 0 aliphatic carbocycles. The van der Waals surface area contributed by atoms with Crippen LogP contribution >= 0.6 is 0 Å². The predicted octanol–water partition coefficient (Wildman–Crippen LogP) is 0.757. The molecule has 0 spiro atoms. The van der Waals surface area contributed by atoms with Crippen molar-refractivity contribution in [2.24, 2.45) is 0 Å². The molecule has 6 nitrogen and oxygen atoms in total. The number of aromatic carboxylic acids is 1. The first-order chi connectivity index (χ1) is 9.38. The molecule has 20 heavy (non-hydrogen) atoms. The minimum atomic E-state index is -3.68. The van der Waals surface area contributed by atoms with Gasteiger partial charge in [0.15, 0.2) is 0 Å². The van der Waals surface area contributed by atoms with Crippen LogP contribution in [0.2, 0.25) is 0 Å². The van der Waals surface area contributed by atoms with Crippen molar-refractivity contribution in [2.75, 3.05) is 20.1 Å². The number of piperidine rings is 1. The molecule has 110 valence electrons. The van der Waals surface area contributed by atoms with Crippen molar-refractivity contribution < 1.29 is 18.3 Å². The number of likely N-dealkylation sites (tertiary alicyclic amines) is 1. The van der Waals surface area contributed by atoms with Gasteiger partial charge in [0.2, 0.25) is 10.0 Å². The maximum Gasteiger partial charge on any atom is 0.335 e. The molecule has 0 amide bonds.